The summed E-state index contributed by atoms with van der Waals surface area (Å²) in [5.41, 5.74) is 0.586. The molecule has 0 aromatic heterocycles. The lowest BCUT2D eigenvalue weighted by molar-refractivity contribution is -0.159. The van der Waals surface area contributed by atoms with Gasteiger partial charge in [-0.15, -0.1) is 0 Å². The van der Waals surface area contributed by atoms with Crippen molar-refractivity contribution >= 4 is 33.6 Å². The molecule has 3 unspecified atom stereocenters. The molecule has 2 aliphatic heterocycles. The van der Waals surface area contributed by atoms with E-state index in [9.17, 15) is 13.2 Å². The second-order valence-corrected chi connectivity index (χ2v) is 10.3. The first kappa shape index (κ1) is 27.7. The zero-order valence-electron chi connectivity index (χ0n) is 19.4. The van der Waals surface area contributed by atoms with Crippen LogP contribution in [-0.4, -0.2) is 78.7 Å². The lowest BCUT2D eigenvalue weighted by Gasteiger charge is -2.37. The van der Waals surface area contributed by atoms with Gasteiger partial charge in [-0.1, -0.05) is 6.42 Å². The first-order chi connectivity index (χ1) is 16.0. The van der Waals surface area contributed by atoms with Gasteiger partial charge in [-0.05, 0) is 63.8 Å². The second kappa shape index (κ2) is 12.8. The zero-order chi connectivity index (χ0) is 25.3. The number of aliphatic carboxylic acids is 2. The van der Waals surface area contributed by atoms with Crippen LogP contribution in [0.3, 0.4) is 0 Å². The van der Waals surface area contributed by atoms with Gasteiger partial charge in [0.05, 0.1) is 17.5 Å². The Hall–Kier alpha value is -2.54. The number of anilines is 1. The molecule has 4 N–H and O–H groups in total. The van der Waals surface area contributed by atoms with E-state index >= 15 is 0 Å². The molecule has 2 fully saturated rings. The maximum atomic E-state index is 13.0. The molecule has 3 rings (SSSR count). The summed E-state index contributed by atoms with van der Waals surface area (Å²) >= 11 is 0. The van der Waals surface area contributed by atoms with Crippen molar-refractivity contribution in [2.45, 2.75) is 69.0 Å². The molecular weight excluding hydrogens is 466 g/mol. The van der Waals surface area contributed by atoms with Crippen molar-refractivity contribution in [3.63, 3.8) is 0 Å². The Morgan fingerprint density at radius 1 is 1.00 bits per heavy atom. The molecule has 34 heavy (non-hydrogen) atoms. The van der Waals surface area contributed by atoms with E-state index in [1.54, 1.807) is 28.6 Å². The summed E-state index contributed by atoms with van der Waals surface area (Å²) in [6, 6.07) is 6.43. The minimum absolute atomic E-state index is 0.00282. The number of benzene rings is 1. The van der Waals surface area contributed by atoms with E-state index in [2.05, 4.69) is 10.6 Å². The van der Waals surface area contributed by atoms with Crippen LogP contribution in [0.5, 0.6) is 0 Å². The van der Waals surface area contributed by atoms with Gasteiger partial charge in [-0.3, -0.25) is 4.79 Å². The smallest absolute Gasteiger partial charge is 0.414 e. The Kier molecular flexibility index (Phi) is 10.4. The summed E-state index contributed by atoms with van der Waals surface area (Å²) in [6.07, 6.45) is 5.12. The Bertz CT molecular complexity index is 923. The van der Waals surface area contributed by atoms with E-state index in [4.69, 9.17) is 24.5 Å². The monoisotopic (exact) mass is 499 g/mol. The van der Waals surface area contributed by atoms with Gasteiger partial charge in [-0.25, -0.2) is 18.0 Å². The first-order valence-electron chi connectivity index (χ1n) is 11.2. The largest absolute Gasteiger partial charge is 0.473 e. The van der Waals surface area contributed by atoms with Gasteiger partial charge < -0.3 is 25.6 Å². The molecule has 0 bridgehead atoms. The number of carboxylic acids is 2. The molecule has 1 aromatic carbocycles. The Morgan fingerprint density at radius 2 is 1.59 bits per heavy atom. The van der Waals surface area contributed by atoms with Crippen LogP contribution >= 0.6 is 0 Å². The number of carbonyl (C=O) groups excluding carboxylic acids is 1. The highest BCUT2D eigenvalue weighted by atomic mass is 32.2. The fourth-order valence-corrected chi connectivity index (χ4v) is 5.94. The fraction of sp³-hybridized carbons (Fsp3) is 0.591. The van der Waals surface area contributed by atoms with Crippen LogP contribution in [0.1, 0.15) is 46.0 Å². The number of nitrogens with one attached hydrogen (secondary N) is 2. The molecule has 2 saturated heterocycles. The van der Waals surface area contributed by atoms with Crippen molar-refractivity contribution in [2.24, 2.45) is 0 Å². The lowest BCUT2D eigenvalue weighted by atomic mass is 10.0. The van der Waals surface area contributed by atoms with Crippen molar-refractivity contribution in [2.75, 3.05) is 25.0 Å². The summed E-state index contributed by atoms with van der Waals surface area (Å²) in [5.74, 6) is -3.81. The van der Waals surface area contributed by atoms with Crippen molar-refractivity contribution in [1.82, 2.24) is 9.62 Å². The summed E-state index contributed by atoms with van der Waals surface area (Å²) in [6.45, 7) is 5.58. The minimum atomic E-state index is -3.53. The van der Waals surface area contributed by atoms with Crippen LogP contribution in [0.2, 0.25) is 0 Å². The Morgan fingerprint density at radius 3 is 2.09 bits per heavy atom. The molecule has 3 atom stereocenters. The van der Waals surface area contributed by atoms with Crippen molar-refractivity contribution < 1.29 is 37.8 Å². The third-order valence-electron chi connectivity index (χ3n) is 5.69. The summed E-state index contributed by atoms with van der Waals surface area (Å²) < 4.78 is 33.2. The molecular formula is C22H33N3O8S. The summed E-state index contributed by atoms with van der Waals surface area (Å²) in [4.78, 5) is 30.5. The molecule has 11 nitrogen and oxygen atoms in total. The molecule has 0 radical (unpaired) electrons. The van der Waals surface area contributed by atoms with Gasteiger partial charge in [0.1, 0.15) is 0 Å². The predicted molar refractivity (Wildman–Crippen MR) is 124 cm³/mol. The quantitative estimate of drug-likeness (QED) is 0.407. The first-order valence-corrected chi connectivity index (χ1v) is 12.7. The average Bonchev–Trinajstić information content (AvgIpc) is 3.28. The molecule has 12 heteroatoms. The number of carboxylic acid groups (broad SMARTS) is 2. The third-order valence-corrected chi connectivity index (χ3v) is 7.83. The van der Waals surface area contributed by atoms with Crippen molar-refractivity contribution in [1.29, 1.82) is 0 Å². The fourth-order valence-electron chi connectivity index (χ4n) is 4.06. The highest BCUT2D eigenvalue weighted by Gasteiger charge is 2.35. The SMILES string of the molecule is CC1CCCC(C)N1S(=O)(=O)c1ccc(NC(=O)CNCC2CCCO2)cc1.O=C(O)C(=O)O. The number of sulfonamides is 1. The van der Waals surface area contributed by atoms with E-state index in [1.807, 2.05) is 13.8 Å². The molecule has 2 heterocycles. The Balaban J connectivity index is 0.000000604. The van der Waals surface area contributed by atoms with Crippen molar-refractivity contribution in [3.05, 3.63) is 24.3 Å². The van der Waals surface area contributed by atoms with Crippen LogP contribution in [0.4, 0.5) is 5.69 Å². The van der Waals surface area contributed by atoms with Crippen LogP contribution in [0.15, 0.2) is 29.2 Å². The maximum Gasteiger partial charge on any atom is 0.414 e. The highest BCUT2D eigenvalue weighted by Crippen LogP contribution is 2.29. The molecule has 0 saturated carbocycles. The number of ether oxygens (including phenoxy) is 1. The van der Waals surface area contributed by atoms with Crippen molar-refractivity contribution in [3.8, 4) is 0 Å². The van der Waals surface area contributed by atoms with E-state index < -0.39 is 22.0 Å². The number of rotatable bonds is 7. The normalized spacial score (nSPS) is 22.9. The van der Waals surface area contributed by atoms with Gasteiger partial charge >= 0.3 is 11.9 Å². The van der Waals surface area contributed by atoms with Gasteiger partial charge in [-0.2, -0.15) is 4.31 Å². The topological polar surface area (TPSA) is 162 Å². The van der Waals surface area contributed by atoms with E-state index in [-0.39, 0.29) is 35.5 Å². The number of hydrogen-bond acceptors (Lipinski definition) is 7. The molecule has 0 spiro atoms. The van der Waals surface area contributed by atoms with Crippen LogP contribution in [0.25, 0.3) is 0 Å². The molecule has 2 aliphatic rings. The predicted octanol–water partition coefficient (Wildman–Crippen LogP) is 1.50. The minimum Gasteiger partial charge on any atom is -0.473 e. The number of piperidine rings is 1. The third kappa shape index (κ3) is 8.05. The number of carbonyl (C=O) groups is 3. The number of hydrogen-bond donors (Lipinski definition) is 4. The summed E-state index contributed by atoms with van der Waals surface area (Å²) in [7, 11) is -3.53. The van der Waals surface area contributed by atoms with Crippen LogP contribution in [0, 0.1) is 0 Å². The standard InChI is InChI=1S/C20H31N3O4S.C2H2O4/c1-15-5-3-6-16(2)23(15)28(25,26)19-10-8-17(9-11-19)22-20(24)14-21-13-18-7-4-12-27-18;3-1(4)2(5)6/h8-11,15-16,18,21H,3-7,12-14H2,1-2H3,(H,22,24);(H,3,4)(H,5,6). The second-order valence-electron chi connectivity index (χ2n) is 8.41. The molecule has 0 aliphatic carbocycles. The maximum absolute atomic E-state index is 13.0. The average molecular weight is 500 g/mol. The van der Waals surface area contributed by atoms with Gasteiger partial charge in [0.2, 0.25) is 15.9 Å². The molecule has 190 valence electrons. The van der Waals surface area contributed by atoms with Gasteiger partial charge in [0.25, 0.3) is 0 Å². The van der Waals surface area contributed by atoms with E-state index in [0.717, 1.165) is 38.7 Å². The summed E-state index contributed by atoms with van der Waals surface area (Å²) in [5, 5.41) is 20.7. The van der Waals surface area contributed by atoms with E-state index in [0.29, 0.717) is 12.2 Å². The van der Waals surface area contributed by atoms with Gasteiger partial charge in [0.15, 0.2) is 0 Å². The Labute approximate surface area is 199 Å². The van der Waals surface area contributed by atoms with Crippen LogP contribution < -0.4 is 10.6 Å². The van der Waals surface area contributed by atoms with Gasteiger partial charge in [0, 0.05) is 30.9 Å². The highest BCUT2D eigenvalue weighted by molar-refractivity contribution is 7.89. The number of amides is 1. The van der Waals surface area contributed by atoms with E-state index in [1.165, 1.54) is 0 Å². The molecule has 1 aromatic rings. The molecule has 1 amide bonds. The number of nitrogens with zero attached hydrogens (tertiary/aromatic N) is 1. The zero-order valence-corrected chi connectivity index (χ0v) is 20.2. The lowest BCUT2D eigenvalue weighted by Crippen LogP contribution is -2.47. The van der Waals surface area contributed by atoms with Crippen LogP contribution in [-0.2, 0) is 29.1 Å².